The molecule has 0 aromatic heterocycles. The van der Waals surface area contributed by atoms with Crippen molar-refractivity contribution in [1.82, 2.24) is 5.32 Å². The Labute approximate surface area is 124 Å². The lowest BCUT2D eigenvalue weighted by Gasteiger charge is -2.29. The lowest BCUT2D eigenvalue weighted by Crippen LogP contribution is -2.36. The van der Waals surface area contributed by atoms with Crippen LogP contribution < -0.4 is 15.5 Å². The summed E-state index contributed by atoms with van der Waals surface area (Å²) in [5.74, 6) is 0.106. The van der Waals surface area contributed by atoms with Crippen molar-refractivity contribution in [2.24, 2.45) is 0 Å². The van der Waals surface area contributed by atoms with E-state index in [9.17, 15) is 9.59 Å². The van der Waals surface area contributed by atoms with Crippen LogP contribution in [0.5, 0.6) is 0 Å². The Hall–Kier alpha value is -1.88. The summed E-state index contributed by atoms with van der Waals surface area (Å²) < 4.78 is 0. The van der Waals surface area contributed by atoms with Gasteiger partial charge in [-0.1, -0.05) is 0 Å². The van der Waals surface area contributed by atoms with Crippen molar-refractivity contribution < 1.29 is 9.59 Å². The number of nitrogens with one attached hydrogen (secondary N) is 2. The molecule has 0 radical (unpaired) electrons. The fourth-order valence-electron chi connectivity index (χ4n) is 3.14. The van der Waals surface area contributed by atoms with Crippen molar-refractivity contribution in [2.75, 3.05) is 23.3 Å². The molecule has 2 amide bonds. The van der Waals surface area contributed by atoms with E-state index in [1.54, 1.807) is 6.92 Å². The van der Waals surface area contributed by atoms with Crippen molar-refractivity contribution in [1.29, 1.82) is 0 Å². The molecule has 0 aliphatic carbocycles. The number of anilines is 2. The average molecular weight is 287 g/mol. The van der Waals surface area contributed by atoms with Gasteiger partial charge in [0.2, 0.25) is 11.8 Å². The summed E-state index contributed by atoms with van der Waals surface area (Å²) in [6, 6.07) is 5.74. The molecule has 2 aliphatic rings. The van der Waals surface area contributed by atoms with E-state index in [0.29, 0.717) is 0 Å². The standard InChI is InChI=1S/C16H21N3O2/c1-11(20)19-9-3-4-12-10-13(6-7-15(12)19)18-16(21)14-5-2-8-17-14/h6-7,10,14,17H,2-5,8-9H2,1H3,(H,18,21). The van der Waals surface area contributed by atoms with Gasteiger partial charge in [-0.2, -0.15) is 0 Å². The van der Waals surface area contributed by atoms with Gasteiger partial charge in [0.1, 0.15) is 0 Å². The second-order valence-corrected chi connectivity index (χ2v) is 5.76. The van der Waals surface area contributed by atoms with Crippen molar-refractivity contribution in [2.45, 2.75) is 38.6 Å². The highest BCUT2D eigenvalue weighted by Crippen LogP contribution is 2.29. The van der Waals surface area contributed by atoms with E-state index in [4.69, 9.17) is 0 Å². The monoisotopic (exact) mass is 287 g/mol. The quantitative estimate of drug-likeness (QED) is 0.870. The van der Waals surface area contributed by atoms with E-state index in [1.807, 2.05) is 23.1 Å². The number of carbonyl (C=O) groups excluding carboxylic acids is 2. The fraction of sp³-hybridized carbons (Fsp3) is 0.500. The van der Waals surface area contributed by atoms with Crippen molar-refractivity contribution >= 4 is 23.2 Å². The molecule has 1 atom stereocenters. The largest absolute Gasteiger partial charge is 0.325 e. The second-order valence-electron chi connectivity index (χ2n) is 5.76. The van der Waals surface area contributed by atoms with Crippen LogP contribution in [0.3, 0.4) is 0 Å². The maximum atomic E-state index is 12.1. The van der Waals surface area contributed by atoms with Gasteiger partial charge in [0.25, 0.3) is 0 Å². The number of carbonyl (C=O) groups is 2. The lowest BCUT2D eigenvalue weighted by atomic mass is 10.0. The van der Waals surface area contributed by atoms with Gasteiger partial charge in [0.05, 0.1) is 6.04 Å². The summed E-state index contributed by atoms with van der Waals surface area (Å²) in [5.41, 5.74) is 2.93. The van der Waals surface area contributed by atoms with Crippen molar-refractivity contribution in [3.05, 3.63) is 23.8 Å². The third kappa shape index (κ3) is 2.93. The summed E-state index contributed by atoms with van der Waals surface area (Å²) in [5, 5.41) is 6.17. The Morgan fingerprint density at radius 2 is 2.19 bits per heavy atom. The number of aryl methyl sites for hydroxylation is 1. The second kappa shape index (κ2) is 5.85. The molecule has 3 rings (SSSR count). The molecule has 1 saturated heterocycles. The first-order valence-corrected chi connectivity index (χ1v) is 7.60. The summed E-state index contributed by atoms with van der Waals surface area (Å²) in [7, 11) is 0. The van der Waals surface area contributed by atoms with Crippen LogP contribution in [0.2, 0.25) is 0 Å². The Morgan fingerprint density at radius 1 is 1.33 bits per heavy atom. The number of amides is 2. The van der Waals surface area contributed by atoms with Gasteiger partial charge in [-0.05, 0) is 56.0 Å². The van der Waals surface area contributed by atoms with Crippen LogP contribution in [-0.2, 0) is 16.0 Å². The van der Waals surface area contributed by atoms with E-state index in [0.717, 1.165) is 55.7 Å². The molecule has 1 aromatic rings. The highest BCUT2D eigenvalue weighted by Gasteiger charge is 2.23. The number of hydrogen-bond acceptors (Lipinski definition) is 3. The SMILES string of the molecule is CC(=O)N1CCCc2cc(NC(=O)C3CCCN3)ccc21. The zero-order valence-electron chi connectivity index (χ0n) is 12.3. The molecular weight excluding hydrogens is 266 g/mol. The van der Waals surface area contributed by atoms with Gasteiger partial charge in [-0.3, -0.25) is 9.59 Å². The number of hydrogen-bond donors (Lipinski definition) is 2. The number of fused-ring (bicyclic) bond motifs is 1. The Morgan fingerprint density at radius 3 is 2.90 bits per heavy atom. The summed E-state index contributed by atoms with van der Waals surface area (Å²) in [6.07, 6.45) is 3.86. The van der Waals surface area contributed by atoms with E-state index in [1.165, 1.54) is 0 Å². The minimum Gasteiger partial charge on any atom is -0.325 e. The smallest absolute Gasteiger partial charge is 0.241 e. The minimum atomic E-state index is -0.0743. The Bertz CT molecular complexity index is 565. The lowest BCUT2D eigenvalue weighted by molar-refractivity contribution is -0.118. The van der Waals surface area contributed by atoms with E-state index in [2.05, 4.69) is 10.6 Å². The average Bonchev–Trinajstić information content (AvgIpc) is 3.00. The molecule has 112 valence electrons. The fourth-order valence-corrected chi connectivity index (χ4v) is 3.14. The molecule has 0 bridgehead atoms. The molecule has 1 fully saturated rings. The molecule has 0 spiro atoms. The van der Waals surface area contributed by atoms with Gasteiger partial charge < -0.3 is 15.5 Å². The number of nitrogens with zero attached hydrogens (tertiary/aromatic N) is 1. The molecule has 21 heavy (non-hydrogen) atoms. The van der Waals surface area contributed by atoms with Crippen LogP contribution in [0.4, 0.5) is 11.4 Å². The van der Waals surface area contributed by atoms with E-state index >= 15 is 0 Å². The Kier molecular flexibility index (Phi) is 3.92. The van der Waals surface area contributed by atoms with E-state index in [-0.39, 0.29) is 17.9 Å². The van der Waals surface area contributed by atoms with Gasteiger partial charge in [-0.15, -0.1) is 0 Å². The van der Waals surface area contributed by atoms with Crippen LogP contribution in [-0.4, -0.2) is 30.9 Å². The molecule has 5 nitrogen and oxygen atoms in total. The van der Waals surface area contributed by atoms with Crippen LogP contribution in [0.25, 0.3) is 0 Å². The van der Waals surface area contributed by atoms with Crippen LogP contribution in [0.15, 0.2) is 18.2 Å². The molecule has 0 saturated carbocycles. The first-order valence-electron chi connectivity index (χ1n) is 7.60. The van der Waals surface area contributed by atoms with Crippen LogP contribution >= 0.6 is 0 Å². The number of benzene rings is 1. The predicted octanol–water partition coefficient (Wildman–Crippen LogP) is 1.68. The molecule has 2 N–H and O–H groups in total. The van der Waals surface area contributed by atoms with Crippen LogP contribution in [0.1, 0.15) is 31.7 Å². The molecule has 2 aliphatic heterocycles. The third-order valence-corrected chi connectivity index (χ3v) is 4.22. The maximum absolute atomic E-state index is 12.1. The predicted molar refractivity (Wildman–Crippen MR) is 82.4 cm³/mol. The van der Waals surface area contributed by atoms with E-state index < -0.39 is 0 Å². The zero-order valence-corrected chi connectivity index (χ0v) is 12.3. The normalized spacial score (nSPS) is 21.0. The van der Waals surface area contributed by atoms with Crippen molar-refractivity contribution in [3.63, 3.8) is 0 Å². The first kappa shape index (κ1) is 14.1. The molecular formula is C16H21N3O2. The minimum absolute atomic E-state index is 0.0340. The van der Waals surface area contributed by atoms with Crippen molar-refractivity contribution in [3.8, 4) is 0 Å². The molecule has 2 heterocycles. The van der Waals surface area contributed by atoms with Gasteiger partial charge in [0, 0.05) is 24.8 Å². The summed E-state index contributed by atoms with van der Waals surface area (Å²) in [4.78, 5) is 25.6. The highest BCUT2D eigenvalue weighted by atomic mass is 16.2. The third-order valence-electron chi connectivity index (χ3n) is 4.22. The molecule has 1 unspecified atom stereocenters. The summed E-state index contributed by atoms with van der Waals surface area (Å²) in [6.45, 7) is 3.28. The highest BCUT2D eigenvalue weighted by molar-refractivity contribution is 5.96. The molecule has 1 aromatic carbocycles. The number of rotatable bonds is 2. The van der Waals surface area contributed by atoms with Gasteiger partial charge in [0.15, 0.2) is 0 Å². The first-order chi connectivity index (χ1) is 10.1. The maximum Gasteiger partial charge on any atom is 0.241 e. The van der Waals surface area contributed by atoms with Crippen LogP contribution in [0, 0.1) is 0 Å². The van der Waals surface area contributed by atoms with Gasteiger partial charge >= 0.3 is 0 Å². The topological polar surface area (TPSA) is 61.4 Å². The van der Waals surface area contributed by atoms with Gasteiger partial charge in [-0.25, -0.2) is 0 Å². The molecule has 5 heteroatoms. The Balaban J connectivity index is 1.76. The summed E-state index contributed by atoms with van der Waals surface area (Å²) >= 11 is 0. The zero-order chi connectivity index (χ0) is 14.8.